The number of hydrogen-bond acceptors (Lipinski definition) is 3. The Labute approximate surface area is 191 Å². The Morgan fingerprint density at radius 3 is 2.71 bits per heavy atom. The van der Waals surface area contributed by atoms with E-state index in [0.29, 0.717) is 29.7 Å². The second kappa shape index (κ2) is 9.90. The summed E-state index contributed by atoms with van der Waals surface area (Å²) in [6.45, 7) is 0.951. The van der Waals surface area contributed by atoms with Crippen molar-refractivity contribution in [3.05, 3.63) is 99.5 Å². The van der Waals surface area contributed by atoms with Crippen LogP contribution in [0.2, 0.25) is 10.0 Å². The topological polar surface area (TPSA) is 47.6 Å². The first kappa shape index (κ1) is 21.3. The van der Waals surface area contributed by atoms with Gasteiger partial charge in [-0.25, -0.2) is 0 Å². The summed E-state index contributed by atoms with van der Waals surface area (Å²) >= 11 is 12.2. The number of nitrogens with one attached hydrogen (secondary N) is 1. The summed E-state index contributed by atoms with van der Waals surface area (Å²) in [5.74, 6) is 1.33. The SMILES string of the molecule is O=C(/C=C/c1ccc(OCc2ccccc2Cl)cc1)NC1CCOc2ccc(Cl)cc21. The van der Waals surface area contributed by atoms with Crippen LogP contribution in [0.15, 0.2) is 72.8 Å². The number of amides is 1. The van der Waals surface area contributed by atoms with Crippen LogP contribution in [0.1, 0.15) is 29.2 Å². The molecule has 0 aromatic heterocycles. The Morgan fingerprint density at radius 2 is 1.90 bits per heavy atom. The van der Waals surface area contributed by atoms with E-state index < -0.39 is 0 Å². The van der Waals surface area contributed by atoms with E-state index in [1.165, 1.54) is 6.08 Å². The molecule has 3 aromatic carbocycles. The highest BCUT2D eigenvalue weighted by atomic mass is 35.5. The number of carbonyl (C=O) groups excluding carboxylic acids is 1. The molecule has 4 nitrogen and oxygen atoms in total. The lowest BCUT2D eigenvalue weighted by molar-refractivity contribution is -0.117. The second-order valence-electron chi connectivity index (χ2n) is 7.16. The van der Waals surface area contributed by atoms with Crippen LogP contribution in [0, 0.1) is 0 Å². The lowest BCUT2D eigenvalue weighted by Crippen LogP contribution is -2.30. The maximum atomic E-state index is 12.4. The van der Waals surface area contributed by atoms with E-state index in [1.807, 2.05) is 60.7 Å². The zero-order chi connectivity index (χ0) is 21.6. The standard InChI is InChI=1S/C25H21Cl2NO3/c26-19-8-11-24-21(15-19)23(13-14-30-24)28-25(29)12-7-17-5-9-20(10-6-17)31-16-18-3-1-2-4-22(18)27/h1-12,15,23H,13-14,16H2,(H,28,29)/b12-7+. The Balaban J connectivity index is 1.33. The minimum absolute atomic E-state index is 0.125. The van der Waals surface area contributed by atoms with E-state index in [9.17, 15) is 4.79 Å². The van der Waals surface area contributed by atoms with E-state index in [2.05, 4.69) is 5.32 Å². The molecular formula is C25H21Cl2NO3. The molecule has 31 heavy (non-hydrogen) atoms. The Kier molecular flexibility index (Phi) is 6.80. The fraction of sp³-hybridized carbons (Fsp3) is 0.160. The van der Waals surface area contributed by atoms with Gasteiger partial charge < -0.3 is 14.8 Å². The van der Waals surface area contributed by atoms with Gasteiger partial charge >= 0.3 is 0 Å². The molecule has 4 rings (SSSR count). The fourth-order valence-electron chi connectivity index (χ4n) is 3.36. The molecule has 0 fully saturated rings. The highest BCUT2D eigenvalue weighted by Gasteiger charge is 2.22. The summed E-state index contributed by atoms with van der Waals surface area (Å²) < 4.78 is 11.4. The normalized spacial score (nSPS) is 15.2. The predicted molar refractivity (Wildman–Crippen MR) is 124 cm³/mol. The molecule has 158 valence electrons. The van der Waals surface area contributed by atoms with Gasteiger partial charge in [0.1, 0.15) is 18.1 Å². The van der Waals surface area contributed by atoms with Crippen LogP contribution < -0.4 is 14.8 Å². The minimum atomic E-state index is -0.170. The summed E-state index contributed by atoms with van der Waals surface area (Å²) in [7, 11) is 0. The number of hydrogen-bond donors (Lipinski definition) is 1. The quantitative estimate of drug-likeness (QED) is 0.450. The third kappa shape index (κ3) is 5.60. The van der Waals surface area contributed by atoms with Crippen molar-refractivity contribution >= 4 is 35.2 Å². The Hall–Kier alpha value is -2.95. The third-order valence-electron chi connectivity index (χ3n) is 4.99. The maximum Gasteiger partial charge on any atom is 0.244 e. The molecule has 1 aliphatic heterocycles. The van der Waals surface area contributed by atoms with Crippen LogP contribution in [0.5, 0.6) is 11.5 Å². The van der Waals surface area contributed by atoms with Gasteiger partial charge in [-0.2, -0.15) is 0 Å². The van der Waals surface area contributed by atoms with Crippen LogP contribution in [0.3, 0.4) is 0 Å². The summed E-state index contributed by atoms with van der Waals surface area (Å²) in [6.07, 6.45) is 4.00. The van der Waals surface area contributed by atoms with Crippen molar-refractivity contribution in [3.63, 3.8) is 0 Å². The van der Waals surface area contributed by atoms with Crippen molar-refractivity contribution in [2.24, 2.45) is 0 Å². The largest absolute Gasteiger partial charge is 0.493 e. The number of rotatable bonds is 6. The van der Waals surface area contributed by atoms with Gasteiger partial charge in [0.15, 0.2) is 0 Å². The molecule has 0 saturated carbocycles. The first-order chi connectivity index (χ1) is 15.1. The molecule has 6 heteroatoms. The molecule has 3 aromatic rings. The van der Waals surface area contributed by atoms with Gasteiger partial charge in [-0.15, -0.1) is 0 Å². The molecule has 1 unspecified atom stereocenters. The molecular weight excluding hydrogens is 433 g/mol. The monoisotopic (exact) mass is 453 g/mol. The highest BCUT2D eigenvalue weighted by Crippen LogP contribution is 2.34. The van der Waals surface area contributed by atoms with Crippen molar-refractivity contribution in [3.8, 4) is 11.5 Å². The van der Waals surface area contributed by atoms with Gasteiger partial charge in [-0.3, -0.25) is 4.79 Å². The number of halogens is 2. The lowest BCUT2D eigenvalue weighted by Gasteiger charge is -2.26. The summed E-state index contributed by atoms with van der Waals surface area (Å²) in [4.78, 5) is 12.4. The van der Waals surface area contributed by atoms with Crippen molar-refractivity contribution in [1.29, 1.82) is 0 Å². The second-order valence-corrected chi connectivity index (χ2v) is 8.01. The molecule has 1 amide bonds. The van der Waals surface area contributed by atoms with Crippen molar-refractivity contribution in [1.82, 2.24) is 5.32 Å². The van der Waals surface area contributed by atoms with Gasteiger partial charge in [0.25, 0.3) is 0 Å². The van der Waals surface area contributed by atoms with Crippen molar-refractivity contribution < 1.29 is 14.3 Å². The summed E-state index contributed by atoms with van der Waals surface area (Å²) in [5, 5.41) is 4.33. The van der Waals surface area contributed by atoms with E-state index in [0.717, 1.165) is 28.2 Å². The molecule has 0 aliphatic carbocycles. The minimum Gasteiger partial charge on any atom is -0.493 e. The molecule has 0 saturated heterocycles. The number of benzene rings is 3. The van der Waals surface area contributed by atoms with Gasteiger partial charge in [-0.1, -0.05) is 53.5 Å². The molecule has 0 spiro atoms. The van der Waals surface area contributed by atoms with Crippen LogP contribution in [-0.2, 0) is 11.4 Å². The highest BCUT2D eigenvalue weighted by molar-refractivity contribution is 6.31. The van der Waals surface area contributed by atoms with Gasteiger partial charge in [-0.05, 0) is 48.0 Å². The summed E-state index contributed by atoms with van der Waals surface area (Å²) in [6, 6.07) is 20.5. The van der Waals surface area contributed by atoms with Gasteiger partial charge in [0.2, 0.25) is 5.91 Å². The van der Waals surface area contributed by atoms with Crippen LogP contribution in [0.4, 0.5) is 0 Å². The van der Waals surface area contributed by atoms with E-state index in [4.69, 9.17) is 32.7 Å². The third-order valence-corrected chi connectivity index (χ3v) is 5.59. The van der Waals surface area contributed by atoms with Crippen LogP contribution in [0.25, 0.3) is 6.08 Å². The fourth-order valence-corrected chi connectivity index (χ4v) is 3.73. The zero-order valence-corrected chi connectivity index (χ0v) is 18.2. The molecule has 1 aliphatic rings. The van der Waals surface area contributed by atoms with E-state index >= 15 is 0 Å². The average Bonchev–Trinajstić information content (AvgIpc) is 2.78. The van der Waals surface area contributed by atoms with E-state index in [-0.39, 0.29) is 11.9 Å². The lowest BCUT2D eigenvalue weighted by atomic mass is 10.0. The smallest absolute Gasteiger partial charge is 0.244 e. The Bertz CT molecular complexity index is 1100. The van der Waals surface area contributed by atoms with Crippen LogP contribution >= 0.6 is 23.2 Å². The van der Waals surface area contributed by atoms with Crippen molar-refractivity contribution in [2.75, 3.05) is 6.61 Å². The number of fused-ring (bicyclic) bond motifs is 1. The van der Waals surface area contributed by atoms with E-state index in [1.54, 1.807) is 12.1 Å². The summed E-state index contributed by atoms with van der Waals surface area (Å²) in [5.41, 5.74) is 2.73. The maximum absolute atomic E-state index is 12.4. The molecule has 0 radical (unpaired) electrons. The number of carbonyl (C=O) groups is 1. The molecule has 1 N–H and O–H groups in total. The Morgan fingerprint density at radius 1 is 1.10 bits per heavy atom. The molecule has 1 heterocycles. The predicted octanol–water partition coefficient (Wildman–Crippen LogP) is 6.23. The first-order valence-corrected chi connectivity index (χ1v) is 10.7. The van der Waals surface area contributed by atoms with Gasteiger partial charge in [0.05, 0.1) is 12.6 Å². The first-order valence-electron chi connectivity index (χ1n) is 9.95. The van der Waals surface area contributed by atoms with Crippen LogP contribution in [-0.4, -0.2) is 12.5 Å². The molecule has 1 atom stereocenters. The average molecular weight is 454 g/mol. The van der Waals surface area contributed by atoms with Gasteiger partial charge in [0, 0.05) is 33.7 Å². The molecule has 0 bridgehead atoms. The zero-order valence-electron chi connectivity index (χ0n) is 16.7. The number of ether oxygens (including phenoxy) is 2. The van der Waals surface area contributed by atoms with Crippen molar-refractivity contribution in [2.45, 2.75) is 19.1 Å².